The zero-order valence-corrected chi connectivity index (χ0v) is 41.9. The fourth-order valence-electron chi connectivity index (χ4n) is 8.31. The van der Waals surface area contributed by atoms with E-state index in [0.717, 1.165) is 57.8 Å². The minimum absolute atomic E-state index is 0.260. The van der Waals surface area contributed by atoms with Crippen molar-refractivity contribution >= 4 is 16.3 Å². The molecule has 1 aliphatic heterocycles. The number of carbonyl (C=O) groups excluding carboxylic acids is 1. The molecule has 1 amide bonds. The van der Waals surface area contributed by atoms with Crippen molar-refractivity contribution in [1.82, 2.24) is 5.32 Å². The van der Waals surface area contributed by atoms with Gasteiger partial charge in [-0.05, 0) is 51.4 Å². The Bertz CT molecular complexity index is 1300. The summed E-state index contributed by atoms with van der Waals surface area (Å²) in [6, 6.07) is -0.948. The summed E-state index contributed by atoms with van der Waals surface area (Å²) in [4.78, 5) is 13.1. The first-order valence-electron chi connectivity index (χ1n) is 26.4. The molecule has 65 heavy (non-hydrogen) atoms. The van der Waals surface area contributed by atoms with Crippen molar-refractivity contribution in [3.05, 3.63) is 36.5 Å². The quantitative estimate of drug-likeness (QED) is 0.0193. The molecule has 1 aliphatic rings. The summed E-state index contributed by atoms with van der Waals surface area (Å²) in [6.45, 7) is 3.38. The molecule has 0 aliphatic carbocycles. The first-order chi connectivity index (χ1) is 31.5. The third-order valence-electron chi connectivity index (χ3n) is 12.4. The van der Waals surface area contributed by atoms with E-state index >= 15 is 0 Å². The molecule has 0 bridgehead atoms. The van der Waals surface area contributed by atoms with Crippen LogP contribution in [0.25, 0.3) is 0 Å². The Labute approximate surface area is 396 Å². The maximum absolute atomic E-state index is 13.1. The number of carbonyl (C=O) groups is 1. The van der Waals surface area contributed by atoms with Gasteiger partial charge >= 0.3 is 10.4 Å². The van der Waals surface area contributed by atoms with Crippen LogP contribution in [0.2, 0.25) is 0 Å². The highest BCUT2D eigenvalue weighted by Crippen LogP contribution is 2.26. The lowest BCUT2D eigenvalue weighted by Gasteiger charge is -2.41. The Morgan fingerprint density at radius 2 is 1.03 bits per heavy atom. The molecule has 0 radical (unpaired) electrons. The Hall–Kier alpha value is -1.68. The highest BCUT2D eigenvalue weighted by Gasteiger charge is 2.48. The van der Waals surface area contributed by atoms with Gasteiger partial charge in [0.1, 0.15) is 24.4 Å². The average Bonchev–Trinajstić information content (AvgIpc) is 3.28. The summed E-state index contributed by atoms with van der Waals surface area (Å²) >= 11 is 0. The van der Waals surface area contributed by atoms with Gasteiger partial charge in [0.2, 0.25) is 5.91 Å². The zero-order valence-electron chi connectivity index (χ0n) is 41.1. The maximum Gasteiger partial charge on any atom is 0.397 e. The fraction of sp³-hybridized carbons (Fsp3) is 0.865. The fourth-order valence-corrected chi connectivity index (χ4v) is 8.82. The van der Waals surface area contributed by atoms with Gasteiger partial charge in [-0.1, -0.05) is 211 Å². The van der Waals surface area contributed by atoms with E-state index in [-0.39, 0.29) is 18.9 Å². The van der Waals surface area contributed by atoms with Gasteiger partial charge in [-0.25, -0.2) is 4.18 Å². The second-order valence-electron chi connectivity index (χ2n) is 18.5. The van der Waals surface area contributed by atoms with Crippen LogP contribution in [0.4, 0.5) is 0 Å². The number of hydrogen-bond donors (Lipinski definition) is 6. The van der Waals surface area contributed by atoms with Crippen LogP contribution in [-0.4, -0.2) is 95.4 Å². The van der Waals surface area contributed by atoms with Crippen LogP contribution in [0.1, 0.15) is 232 Å². The molecule has 0 aromatic carbocycles. The van der Waals surface area contributed by atoms with Crippen LogP contribution in [0, 0.1) is 0 Å². The highest BCUT2D eigenvalue weighted by molar-refractivity contribution is 7.80. The van der Waals surface area contributed by atoms with Crippen LogP contribution < -0.4 is 5.32 Å². The molecule has 12 nitrogen and oxygen atoms in total. The van der Waals surface area contributed by atoms with Crippen molar-refractivity contribution in [2.24, 2.45) is 0 Å². The zero-order chi connectivity index (χ0) is 47.6. The Balaban J connectivity index is 2.45. The van der Waals surface area contributed by atoms with E-state index in [4.69, 9.17) is 9.47 Å². The molecule has 382 valence electrons. The van der Waals surface area contributed by atoms with E-state index in [1.165, 1.54) is 148 Å². The predicted octanol–water partition coefficient (Wildman–Crippen LogP) is 11.4. The molecule has 13 heteroatoms. The second kappa shape index (κ2) is 42.4. The molecule has 1 fully saturated rings. The third-order valence-corrected chi connectivity index (χ3v) is 12.9. The standard InChI is InChI=1S/C52H97NO11S/c1-3-5-7-9-11-13-15-17-19-21-22-23-24-26-27-29-31-33-35-37-39-41-46(55)45(44-62-52-50(58)51(64-65(59,60)61)49(57)47(43-54)63-52)53-48(56)42-40-38-36-34-32-30-28-25-20-18-16-14-12-10-8-6-4-2/h12,14,18,20,39,41,45-47,49-52,54-55,57-58H,3-11,13,15-17,19,21-38,40,42-44H2,1-2H3,(H,53,56)(H,59,60,61)/b14-12-,20-18-,41-39+. The Morgan fingerprint density at radius 1 is 0.615 bits per heavy atom. The number of ether oxygens (including phenoxy) is 2. The third kappa shape index (κ3) is 35.1. The number of aliphatic hydroxyl groups excluding tert-OH is 4. The SMILES string of the molecule is CCCCC/C=C\C/C=C\CCCCCCCCCC(=O)NC(COC1OC(CO)C(O)C(OS(=O)(=O)O)C1O)C(O)/C=C/CCCCCCCCCCCCCCCCCCCCC. The van der Waals surface area contributed by atoms with Gasteiger partial charge in [-0.3, -0.25) is 9.35 Å². The van der Waals surface area contributed by atoms with Crippen LogP contribution in [0.15, 0.2) is 36.5 Å². The van der Waals surface area contributed by atoms with Gasteiger partial charge < -0.3 is 35.2 Å². The second-order valence-corrected chi connectivity index (χ2v) is 19.5. The Morgan fingerprint density at radius 3 is 1.49 bits per heavy atom. The lowest BCUT2D eigenvalue weighted by atomic mass is 9.99. The number of nitrogens with one attached hydrogen (secondary N) is 1. The van der Waals surface area contributed by atoms with Crippen molar-refractivity contribution in [1.29, 1.82) is 0 Å². The molecule has 0 spiro atoms. The smallest absolute Gasteiger partial charge is 0.394 e. The summed E-state index contributed by atoms with van der Waals surface area (Å²) in [5.41, 5.74) is 0. The molecule has 6 N–H and O–H groups in total. The molecule has 1 heterocycles. The van der Waals surface area contributed by atoms with Gasteiger partial charge in [0.25, 0.3) is 0 Å². The van der Waals surface area contributed by atoms with E-state index in [1.54, 1.807) is 6.08 Å². The lowest BCUT2D eigenvalue weighted by Crippen LogP contribution is -2.61. The topological polar surface area (TPSA) is 192 Å². The number of amides is 1. The first kappa shape index (κ1) is 61.3. The van der Waals surface area contributed by atoms with Gasteiger partial charge in [0.15, 0.2) is 6.29 Å². The van der Waals surface area contributed by atoms with Gasteiger partial charge in [-0.2, -0.15) is 8.42 Å². The van der Waals surface area contributed by atoms with Crippen LogP contribution >= 0.6 is 0 Å². The van der Waals surface area contributed by atoms with Crippen molar-refractivity contribution in [2.45, 2.75) is 275 Å². The van der Waals surface area contributed by atoms with Gasteiger partial charge in [-0.15, -0.1) is 0 Å². The molecular formula is C52H97NO11S. The first-order valence-corrected chi connectivity index (χ1v) is 27.7. The lowest BCUT2D eigenvalue weighted by molar-refractivity contribution is -0.298. The molecule has 1 rings (SSSR count). The molecular weight excluding hydrogens is 847 g/mol. The summed E-state index contributed by atoms with van der Waals surface area (Å²) in [7, 11) is -5.09. The van der Waals surface area contributed by atoms with E-state index in [0.29, 0.717) is 6.42 Å². The molecule has 7 unspecified atom stereocenters. The van der Waals surface area contributed by atoms with E-state index in [2.05, 4.69) is 47.7 Å². The van der Waals surface area contributed by atoms with E-state index in [1.807, 2.05) is 6.08 Å². The predicted molar refractivity (Wildman–Crippen MR) is 264 cm³/mol. The van der Waals surface area contributed by atoms with Gasteiger partial charge in [0, 0.05) is 6.42 Å². The molecule has 0 aromatic rings. The van der Waals surface area contributed by atoms with Crippen LogP contribution in [0.3, 0.4) is 0 Å². The van der Waals surface area contributed by atoms with Crippen molar-refractivity contribution in [2.75, 3.05) is 13.2 Å². The minimum atomic E-state index is -5.09. The minimum Gasteiger partial charge on any atom is -0.394 e. The number of hydrogen-bond acceptors (Lipinski definition) is 10. The largest absolute Gasteiger partial charge is 0.397 e. The number of allylic oxidation sites excluding steroid dienone is 5. The van der Waals surface area contributed by atoms with Gasteiger partial charge in [0.05, 0.1) is 25.4 Å². The number of aliphatic hydroxyl groups is 4. The van der Waals surface area contributed by atoms with Crippen LogP contribution in [0.5, 0.6) is 0 Å². The average molecular weight is 944 g/mol. The number of rotatable bonds is 45. The summed E-state index contributed by atoms with van der Waals surface area (Å²) in [6.07, 6.45) is 43.2. The molecule has 7 atom stereocenters. The maximum atomic E-state index is 13.1. The summed E-state index contributed by atoms with van der Waals surface area (Å²) in [5, 5.41) is 44.9. The molecule has 0 saturated carbocycles. The monoisotopic (exact) mass is 944 g/mol. The normalized spacial score (nSPS) is 20.4. The van der Waals surface area contributed by atoms with E-state index < -0.39 is 59.9 Å². The van der Waals surface area contributed by atoms with Crippen molar-refractivity contribution in [3.8, 4) is 0 Å². The Kier molecular flexibility index (Phi) is 40.0. The summed E-state index contributed by atoms with van der Waals surface area (Å²) < 4.78 is 47.7. The van der Waals surface area contributed by atoms with E-state index in [9.17, 15) is 38.2 Å². The van der Waals surface area contributed by atoms with Crippen molar-refractivity contribution < 1.29 is 51.8 Å². The summed E-state index contributed by atoms with van der Waals surface area (Å²) in [5.74, 6) is -0.270. The van der Waals surface area contributed by atoms with Crippen LogP contribution in [-0.2, 0) is 28.9 Å². The molecule has 1 saturated heterocycles. The number of unbranched alkanes of at least 4 members (excludes halogenated alkanes) is 29. The molecule has 0 aromatic heterocycles. The highest BCUT2D eigenvalue weighted by atomic mass is 32.3. The van der Waals surface area contributed by atoms with Crippen molar-refractivity contribution in [3.63, 3.8) is 0 Å².